The molecule has 9 heteroatoms. The summed E-state index contributed by atoms with van der Waals surface area (Å²) in [5, 5.41) is 8.97. The first-order valence-electron chi connectivity index (χ1n) is 9.16. The number of carbonyl (C=O) groups is 2. The number of nitriles is 1. The van der Waals surface area contributed by atoms with Crippen molar-refractivity contribution in [1.82, 2.24) is 0 Å². The number of hydrogen-bond donors (Lipinski definition) is 0. The molecule has 4 rings (SSSR count). The molecule has 3 aliphatic rings. The maximum absolute atomic E-state index is 13.3. The molecule has 0 aromatic heterocycles. The molecule has 0 saturated carbocycles. The molecule has 3 heterocycles. The molecule has 2 amide bonds. The lowest BCUT2D eigenvalue weighted by atomic mass is 9.64. The van der Waals surface area contributed by atoms with Gasteiger partial charge < -0.3 is 9.47 Å². The van der Waals surface area contributed by atoms with Gasteiger partial charge in [0.05, 0.1) is 52.5 Å². The Kier molecular flexibility index (Phi) is 4.13. The Balaban J connectivity index is 1.78. The summed E-state index contributed by atoms with van der Waals surface area (Å²) in [4.78, 5) is 27.2. The average Bonchev–Trinajstić information content (AvgIpc) is 3.15. The molecule has 154 valence electrons. The average molecular weight is 408 g/mol. The standard InChI is InChI=1S/C20H19F3N2O4/c1-18-7-11(9-28-3)19(2,29-18)15-14(18)16(26)25(17(15)27)12-5-4-10(8-24)13(6-12)20(21,22)23/h4-6,11,14-15H,7,9H2,1-3H3/t11-,14+,15-,18?,19?/m1/s1. The molecule has 1 aromatic rings. The van der Waals surface area contributed by atoms with Crippen LogP contribution in [-0.2, 0) is 25.2 Å². The number of anilines is 1. The van der Waals surface area contributed by atoms with E-state index in [-0.39, 0.29) is 11.6 Å². The number of carbonyl (C=O) groups excluding carboxylic acids is 2. The van der Waals surface area contributed by atoms with Gasteiger partial charge in [0.2, 0.25) is 11.8 Å². The van der Waals surface area contributed by atoms with Crippen molar-refractivity contribution in [2.75, 3.05) is 18.6 Å². The quantitative estimate of drug-likeness (QED) is 0.719. The maximum Gasteiger partial charge on any atom is 0.417 e. The number of fused-ring (bicyclic) bond motifs is 5. The van der Waals surface area contributed by atoms with Crippen LogP contribution in [0.15, 0.2) is 18.2 Å². The van der Waals surface area contributed by atoms with Crippen molar-refractivity contribution in [3.05, 3.63) is 29.3 Å². The van der Waals surface area contributed by atoms with Gasteiger partial charge in [0, 0.05) is 13.0 Å². The van der Waals surface area contributed by atoms with E-state index in [9.17, 15) is 22.8 Å². The summed E-state index contributed by atoms with van der Waals surface area (Å²) in [5.41, 5.74) is -3.75. The summed E-state index contributed by atoms with van der Waals surface area (Å²) in [7, 11) is 1.54. The number of alkyl halides is 3. The molecule has 0 radical (unpaired) electrons. The zero-order chi connectivity index (χ0) is 21.4. The summed E-state index contributed by atoms with van der Waals surface area (Å²) in [6.45, 7) is 3.88. The van der Waals surface area contributed by atoms with E-state index in [1.165, 1.54) is 12.1 Å². The van der Waals surface area contributed by atoms with Crippen LogP contribution in [0.1, 0.15) is 31.4 Å². The van der Waals surface area contributed by atoms with Crippen molar-refractivity contribution in [3.8, 4) is 6.07 Å². The molecule has 0 spiro atoms. The molecule has 29 heavy (non-hydrogen) atoms. The Morgan fingerprint density at radius 3 is 2.52 bits per heavy atom. The molecule has 1 aromatic carbocycles. The smallest absolute Gasteiger partial charge is 0.384 e. The summed E-state index contributed by atoms with van der Waals surface area (Å²) < 4.78 is 51.4. The van der Waals surface area contributed by atoms with Crippen molar-refractivity contribution in [1.29, 1.82) is 5.26 Å². The van der Waals surface area contributed by atoms with Crippen molar-refractivity contribution in [2.45, 2.75) is 37.6 Å². The highest BCUT2D eigenvalue weighted by Gasteiger charge is 2.75. The largest absolute Gasteiger partial charge is 0.417 e. The maximum atomic E-state index is 13.3. The Morgan fingerprint density at radius 1 is 1.28 bits per heavy atom. The van der Waals surface area contributed by atoms with Crippen molar-refractivity contribution in [2.24, 2.45) is 17.8 Å². The number of nitrogens with zero attached hydrogens (tertiary/aromatic N) is 2. The molecule has 3 saturated heterocycles. The van der Waals surface area contributed by atoms with E-state index >= 15 is 0 Å². The first kappa shape index (κ1) is 19.9. The van der Waals surface area contributed by atoms with Gasteiger partial charge in [-0.1, -0.05) is 0 Å². The van der Waals surface area contributed by atoms with E-state index in [4.69, 9.17) is 14.7 Å². The number of hydrogen-bond acceptors (Lipinski definition) is 5. The molecule has 3 aliphatic heterocycles. The predicted octanol–water partition coefficient (Wildman–Crippen LogP) is 2.90. The second kappa shape index (κ2) is 6.03. The lowest BCUT2D eigenvalue weighted by Gasteiger charge is -2.34. The van der Waals surface area contributed by atoms with Gasteiger partial charge >= 0.3 is 6.18 Å². The van der Waals surface area contributed by atoms with Gasteiger partial charge in [-0.2, -0.15) is 18.4 Å². The highest BCUT2D eigenvalue weighted by atomic mass is 19.4. The fourth-order valence-electron chi connectivity index (χ4n) is 5.37. The highest BCUT2D eigenvalue weighted by molar-refractivity contribution is 6.23. The van der Waals surface area contributed by atoms with Crippen LogP contribution < -0.4 is 4.90 Å². The third-order valence-electron chi connectivity index (χ3n) is 6.55. The summed E-state index contributed by atoms with van der Waals surface area (Å²) in [6, 6.07) is 4.37. The lowest BCUT2D eigenvalue weighted by Crippen LogP contribution is -2.47. The number of methoxy groups -OCH3 is 1. The van der Waals surface area contributed by atoms with Gasteiger partial charge in [0.25, 0.3) is 0 Å². The first-order valence-corrected chi connectivity index (χ1v) is 9.16. The minimum atomic E-state index is -4.79. The fraction of sp³-hybridized carbons (Fsp3) is 0.550. The second-order valence-corrected chi connectivity index (χ2v) is 8.26. The van der Waals surface area contributed by atoms with Gasteiger partial charge in [-0.05, 0) is 38.5 Å². The fourth-order valence-corrected chi connectivity index (χ4v) is 5.37. The normalized spacial score (nSPS) is 35.9. The van der Waals surface area contributed by atoms with Gasteiger partial charge in [0.1, 0.15) is 0 Å². The monoisotopic (exact) mass is 408 g/mol. The van der Waals surface area contributed by atoms with E-state index in [1.807, 2.05) is 0 Å². The second-order valence-electron chi connectivity index (χ2n) is 8.26. The minimum absolute atomic E-state index is 0.109. The molecular weight excluding hydrogens is 389 g/mol. The van der Waals surface area contributed by atoms with Crippen molar-refractivity contribution < 1.29 is 32.2 Å². The van der Waals surface area contributed by atoms with E-state index in [0.29, 0.717) is 19.1 Å². The summed E-state index contributed by atoms with van der Waals surface area (Å²) in [5.74, 6) is -2.82. The molecule has 2 bridgehead atoms. The Morgan fingerprint density at radius 2 is 1.93 bits per heavy atom. The summed E-state index contributed by atoms with van der Waals surface area (Å²) in [6.07, 6.45) is -4.26. The van der Waals surface area contributed by atoms with E-state index in [1.54, 1.807) is 21.0 Å². The Hall–Kier alpha value is -2.44. The number of halogens is 3. The van der Waals surface area contributed by atoms with Gasteiger partial charge in [-0.25, -0.2) is 4.90 Å². The van der Waals surface area contributed by atoms with E-state index < -0.39 is 52.2 Å². The zero-order valence-corrected chi connectivity index (χ0v) is 16.0. The van der Waals surface area contributed by atoms with Crippen LogP contribution in [-0.4, -0.2) is 36.7 Å². The third-order valence-corrected chi connectivity index (χ3v) is 6.55. The molecule has 0 aliphatic carbocycles. The van der Waals surface area contributed by atoms with Crippen LogP contribution in [0.5, 0.6) is 0 Å². The van der Waals surface area contributed by atoms with Gasteiger partial charge in [-0.3, -0.25) is 9.59 Å². The van der Waals surface area contributed by atoms with Crippen LogP contribution in [0.25, 0.3) is 0 Å². The SMILES string of the molecule is COC[C@H]1CC2(C)OC1(C)[C@H]1C(=O)N(c3ccc(C#N)c(C(F)(F)F)c3)C(=O)[C@H]12. The minimum Gasteiger partial charge on any atom is -0.384 e. The predicted molar refractivity (Wildman–Crippen MR) is 93.5 cm³/mol. The van der Waals surface area contributed by atoms with Gasteiger partial charge in [0.15, 0.2) is 0 Å². The van der Waals surface area contributed by atoms with Crippen LogP contribution in [0.3, 0.4) is 0 Å². The molecule has 0 N–H and O–H groups in total. The number of rotatable bonds is 3. The topological polar surface area (TPSA) is 79.6 Å². The van der Waals surface area contributed by atoms with E-state index in [0.717, 1.165) is 11.0 Å². The van der Waals surface area contributed by atoms with Gasteiger partial charge in [-0.15, -0.1) is 0 Å². The Labute approximate surface area is 165 Å². The van der Waals surface area contributed by atoms with Crippen LogP contribution in [0.2, 0.25) is 0 Å². The highest BCUT2D eigenvalue weighted by Crippen LogP contribution is 2.63. The first-order chi connectivity index (χ1) is 13.5. The molecule has 5 atom stereocenters. The number of imide groups is 1. The number of ether oxygens (including phenoxy) is 2. The lowest BCUT2D eigenvalue weighted by molar-refractivity contribution is -0.138. The third kappa shape index (κ3) is 2.55. The molecular formula is C20H19F3N2O4. The van der Waals surface area contributed by atoms with Crippen LogP contribution >= 0.6 is 0 Å². The zero-order valence-electron chi connectivity index (χ0n) is 16.0. The summed E-state index contributed by atoms with van der Waals surface area (Å²) >= 11 is 0. The van der Waals surface area contributed by atoms with Crippen molar-refractivity contribution in [3.63, 3.8) is 0 Å². The number of benzene rings is 1. The number of amides is 2. The van der Waals surface area contributed by atoms with E-state index in [2.05, 4.69) is 0 Å². The van der Waals surface area contributed by atoms with Crippen LogP contribution in [0.4, 0.5) is 18.9 Å². The van der Waals surface area contributed by atoms with Crippen molar-refractivity contribution >= 4 is 17.5 Å². The molecule has 3 fully saturated rings. The molecule has 2 unspecified atom stereocenters. The van der Waals surface area contributed by atoms with Crippen LogP contribution in [0, 0.1) is 29.1 Å². The molecule has 6 nitrogen and oxygen atoms in total. The Bertz CT molecular complexity index is 956.